The lowest BCUT2D eigenvalue weighted by atomic mass is 10.2. The van der Waals surface area contributed by atoms with Gasteiger partial charge in [0.2, 0.25) is 0 Å². The maximum absolute atomic E-state index is 13.6. The van der Waals surface area contributed by atoms with Gasteiger partial charge in [-0.2, -0.15) is 0 Å². The number of hydrogen-bond donors (Lipinski definition) is 0. The fourth-order valence-corrected chi connectivity index (χ4v) is 2.82. The van der Waals surface area contributed by atoms with Gasteiger partial charge in [-0.1, -0.05) is 53.7 Å². The molecule has 3 aromatic rings. The molecule has 0 aliphatic heterocycles. The van der Waals surface area contributed by atoms with Gasteiger partial charge in [0.15, 0.2) is 0 Å². The van der Waals surface area contributed by atoms with Crippen LogP contribution in [-0.2, 0) is 5.75 Å². The largest absolute Gasteiger partial charge is 0.411 e. The topological polar surface area (TPSA) is 38.9 Å². The first-order valence-corrected chi connectivity index (χ1v) is 7.55. The number of rotatable bonds is 4. The zero-order chi connectivity index (χ0) is 14.7. The van der Waals surface area contributed by atoms with Gasteiger partial charge in [-0.25, -0.2) is 4.39 Å². The molecule has 0 aliphatic rings. The molecule has 0 aliphatic carbocycles. The van der Waals surface area contributed by atoms with E-state index in [1.54, 1.807) is 18.2 Å². The fraction of sp³-hybridized carbons (Fsp3) is 0.0667. The molecule has 6 heteroatoms. The van der Waals surface area contributed by atoms with Crippen LogP contribution in [0.3, 0.4) is 0 Å². The molecule has 0 spiro atoms. The van der Waals surface area contributed by atoms with Crippen molar-refractivity contribution in [1.82, 2.24) is 10.2 Å². The molecule has 0 atom stereocenters. The summed E-state index contributed by atoms with van der Waals surface area (Å²) in [5, 5.41) is 8.86. The van der Waals surface area contributed by atoms with Crippen molar-refractivity contribution in [1.29, 1.82) is 0 Å². The van der Waals surface area contributed by atoms with E-state index in [-0.39, 0.29) is 11.7 Å². The summed E-state index contributed by atoms with van der Waals surface area (Å²) in [6, 6.07) is 13.8. The molecular formula is C15H10ClFN2OS. The van der Waals surface area contributed by atoms with E-state index in [1.807, 2.05) is 24.3 Å². The quantitative estimate of drug-likeness (QED) is 0.646. The van der Waals surface area contributed by atoms with Gasteiger partial charge in [0.25, 0.3) is 11.1 Å². The van der Waals surface area contributed by atoms with Crippen LogP contribution in [0.4, 0.5) is 4.39 Å². The van der Waals surface area contributed by atoms with Crippen LogP contribution in [0.15, 0.2) is 58.2 Å². The van der Waals surface area contributed by atoms with Crippen molar-refractivity contribution in [3.63, 3.8) is 0 Å². The highest BCUT2D eigenvalue weighted by molar-refractivity contribution is 7.98. The lowest BCUT2D eigenvalue weighted by Crippen LogP contribution is -1.82. The molecule has 106 valence electrons. The molecule has 3 rings (SSSR count). The molecule has 0 fully saturated rings. The number of halogens is 2. The lowest BCUT2D eigenvalue weighted by molar-refractivity contribution is 0.463. The van der Waals surface area contributed by atoms with E-state index >= 15 is 0 Å². The van der Waals surface area contributed by atoms with E-state index in [0.29, 0.717) is 21.6 Å². The van der Waals surface area contributed by atoms with Crippen molar-refractivity contribution >= 4 is 23.4 Å². The van der Waals surface area contributed by atoms with Crippen LogP contribution >= 0.6 is 23.4 Å². The third-order valence-corrected chi connectivity index (χ3v) is 4.06. The lowest BCUT2D eigenvalue weighted by Gasteiger charge is -2.00. The molecule has 1 aromatic heterocycles. The first-order valence-electron chi connectivity index (χ1n) is 6.18. The molecule has 3 nitrogen and oxygen atoms in total. The summed E-state index contributed by atoms with van der Waals surface area (Å²) >= 11 is 7.44. The Morgan fingerprint density at radius 3 is 2.62 bits per heavy atom. The molecule has 0 bridgehead atoms. The van der Waals surface area contributed by atoms with Crippen LogP contribution in [-0.4, -0.2) is 10.2 Å². The summed E-state index contributed by atoms with van der Waals surface area (Å²) < 4.78 is 19.1. The Balaban J connectivity index is 1.74. The molecule has 21 heavy (non-hydrogen) atoms. The number of thioether (sulfide) groups is 1. The molecule has 0 radical (unpaired) electrons. The zero-order valence-corrected chi connectivity index (χ0v) is 12.4. The second-order valence-electron chi connectivity index (χ2n) is 4.23. The minimum absolute atomic E-state index is 0.176. The monoisotopic (exact) mass is 320 g/mol. The summed E-state index contributed by atoms with van der Waals surface area (Å²) in [4.78, 5) is 0. The van der Waals surface area contributed by atoms with Gasteiger partial charge in [0.1, 0.15) is 5.82 Å². The highest BCUT2D eigenvalue weighted by atomic mass is 35.5. The number of nitrogens with zero attached hydrogens (tertiary/aromatic N) is 2. The first kappa shape index (κ1) is 14.1. The number of hydrogen-bond acceptors (Lipinski definition) is 4. The Morgan fingerprint density at radius 2 is 1.81 bits per heavy atom. The van der Waals surface area contributed by atoms with Crippen molar-refractivity contribution in [2.24, 2.45) is 0 Å². The Labute approximate surface area is 130 Å². The molecule has 2 aromatic carbocycles. The third-order valence-electron chi connectivity index (χ3n) is 2.82. The molecule has 0 saturated carbocycles. The van der Waals surface area contributed by atoms with Crippen molar-refractivity contribution < 1.29 is 8.81 Å². The zero-order valence-electron chi connectivity index (χ0n) is 10.8. The SMILES string of the molecule is Fc1ccccc1-c1nnc(SCc2ccccc2Cl)o1. The van der Waals surface area contributed by atoms with Crippen molar-refractivity contribution in [3.8, 4) is 11.5 Å². The maximum atomic E-state index is 13.6. The van der Waals surface area contributed by atoms with E-state index in [9.17, 15) is 4.39 Å². The van der Waals surface area contributed by atoms with E-state index in [4.69, 9.17) is 16.0 Å². The van der Waals surface area contributed by atoms with Crippen LogP contribution in [0, 0.1) is 5.82 Å². The van der Waals surface area contributed by atoms with Crippen molar-refractivity contribution in [2.45, 2.75) is 11.0 Å². The Morgan fingerprint density at radius 1 is 1.05 bits per heavy atom. The maximum Gasteiger partial charge on any atom is 0.277 e. The van der Waals surface area contributed by atoms with Crippen molar-refractivity contribution in [3.05, 3.63) is 64.9 Å². The van der Waals surface area contributed by atoms with Crippen LogP contribution in [0.25, 0.3) is 11.5 Å². The van der Waals surface area contributed by atoms with Gasteiger partial charge in [-0.05, 0) is 23.8 Å². The van der Waals surface area contributed by atoms with Gasteiger partial charge < -0.3 is 4.42 Å². The van der Waals surface area contributed by atoms with Crippen molar-refractivity contribution in [2.75, 3.05) is 0 Å². The average molecular weight is 321 g/mol. The van der Waals surface area contributed by atoms with Crippen LogP contribution < -0.4 is 0 Å². The highest BCUT2D eigenvalue weighted by Gasteiger charge is 2.13. The predicted molar refractivity (Wildman–Crippen MR) is 80.7 cm³/mol. The number of benzene rings is 2. The summed E-state index contributed by atoms with van der Waals surface area (Å²) in [5.74, 6) is 0.400. The average Bonchev–Trinajstić information content (AvgIpc) is 2.96. The van der Waals surface area contributed by atoms with E-state index in [2.05, 4.69) is 10.2 Å². The summed E-state index contributed by atoms with van der Waals surface area (Å²) in [6.45, 7) is 0. The third kappa shape index (κ3) is 3.25. The predicted octanol–water partition coefficient (Wildman–Crippen LogP) is 4.82. The smallest absolute Gasteiger partial charge is 0.277 e. The molecule has 0 unspecified atom stereocenters. The van der Waals surface area contributed by atoms with E-state index < -0.39 is 0 Å². The molecule has 1 heterocycles. The molecule has 0 N–H and O–H groups in total. The molecule has 0 saturated heterocycles. The summed E-state index contributed by atoms with van der Waals surface area (Å²) in [6.07, 6.45) is 0. The van der Waals surface area contributed by atoms with Gasteiger partial charge in [-0.3, -0.25) is 0 Å². The summed E-state index contributed by atoms with van der Waals surface area (Å²) in [7, 11) is 0. The first-order chi connectivity index (χ1) is 10.2. The summed E-state index contributed by atoms with van der Waals surface area (Å²) in [5.41, 5.74) is 1.28. The number of aromatic nitrogens is 2. The molecular weight excluding hydrogens is 311 g/mol. The van der Waals surface area contributed by atoms with E-state index in [1.165, 1.54) is 17.8 Å². The standard InChI is InChI=1S/C15H10ClFN2OS/c16-12-7-3-1-5-10(12)9-21-15-19-18-14(20-15)11-6-2-4-8-13(11)17/h1-8H,9H2. The van der Waals surface area contributed by atoms with Gasteiger partial charge in [0.05, 0.1) is 5.56 Å². The Hall–Kier alpha value is -1.85. The van der Waals surface area contributed by atoms with Crippen LogP contribution in [0.2, 0.25) is 5.02 Å². The van der Waals surface area contributed by atoms with E-state index in [0.717, 1.165) is 5.56 Å². The van der Waals surface area contributed by atoms with Gasteiger partial charge >= 0.3 is 0 Å². The molecule has 0 amide bonds. The second-order valence-corrected chi connectivity index (χ2v) is 5.57. The fourth-order valence-electron chi connectivity index (χ4n) is 1.77. The Bertz CT molecular complexity index is 763. The van der Waals surface area contributed by atoms with Gasteiger partial charge in [0, 0.05) is 10.8 Å². The minimum Gasteiger partial charge on any atom is -0.411 e. The normalized spacial score (nSPS) is 10.8. The second kappa shape index (κ2) is 6.28. The van der Waals surface area contributed by atoms with Crippen LogP contribution in [0.5, 0.6) is 0 Å². The minimum atomic E-state index is -0.385. The van der Waals surface area contributed by atoms with Crippen LogP contribution in [0.1, 0.15) is 5.56 Å². The highest BCUT2D eigenvalue weighted by Crippen LogP contribution is 2.28. The van der Waals surface area contributed by atoms with Gasteiger partial charge in [-0.15, -0.1) is 10.2 Å². The Kier molecular flexibility index (Phi) is 4.22.